The summed E-state index contributed by atoms with van der Waals surface area (Å²) in [6.07, 6.45) is 3.03. The van der Waals surface area contributed by atoms with E-state index in [1.54, 1.807) is 28.7 Å². The van der Waals surface area contributed by atoms with Crippen LogP contribution in [0, 0.1) is 6.92 Å². The topological polar surface area (TPSA) is 55.4 Å². The lowest BCUT2D eigenvalue weighted by Gasteiger charge is -2.18. The van der Waals surface area contributed by atoms with Crippen LogP contribution >= 0.6 is 22.7 Å². The van der Waals surface area contributed by atoms with Crippen LogP contribution in [-0.2, 0) is 14.3 Å². The molecule has 0 saturated carbocycles. The number of carbonyl (C=O) groups is 2. The van der Waals surface area contributed by atoms with Gasteiger partial charge in [0.2, 0.25) is 0 Å². The minimum atomic E-state index is -0.538. The molecule has 1 atom stereocenters. The van der Waals surface area contributed by atoms with E-state index in [0.29, 0.717) is 0 Å². The molecule has 1 aromatic carbocycles. The molecule has 0 fully saturated rings. The third-order valence-corrected chi connectivity index (χ3v) is 5.66. The molecule has 1 amide bonds. The zero-order valence-electron chi connectivity index (χ0n) is 14.8. The Labute approximate surface area is 166 Å². The smallest absolute Gasteiger partial charge is 0.331 e. The number of carbonyl (C=O) groups excluding carboxylic acids is 2. The minimum Gasteiger partial charge on any atom is -0.452 e. The molecule has 4 nitrogen and oxygen atoms in total. The number of hydrogen-bond donors (Lipinski definition) is 1. The minimum absolute atomic E-state index is 0.262. The Balaban J connectivity index is 1.56. The van der Waals surface area contributed by atoms with Crippen molar-refractivity contribution in [1.82, 2.24) is 5.32 Å². The molecule has 0 unspecified atom stereocenters. The van der Waals surface area contributed by atoms with Crippen molar-refractivity contribution in [2.45, 2.75) is 13.0 Å². The first-order valence-corrected chi connectivity index (χ1v) is 10.1. The number of amides is 1. The molecule has 0 spiro atoms. The Morgan fingerprint density at radius 3 is 2.59 bits per heavy atom. The number of thiophene rings is 2. The predicted octanol–water partition coefficient (Wildman–Crippen LogP) is 4.58. The van der Waals surface area contributed by atoms with Gasteiger partial charge in [0.1, 0.15) is 0 Å². The molecular formula is C21H19NO3S2. The Bertz CT molecular complexity index is 914. The molecule has 2 aromatic heterocycles. The van der Waals surface area contributed by atoms with Crippen LogP contribution in [0.15, 0.2) is 66.1 Å². The molecule has 27 heavy (non-hydrogen) atoms. The molecule has 0 saturated heterocycles. The van der Waals surface area contributed by atoms with Gasteiger partial charge in [-0.05, 0) is 42.1 Å². The highest BCUT2D eigenvalue weighted by molar-refractivity contribution is 7.12. The summed E-state index contributed by atoms with van der Waals surface area (Å²) in [5.74, 6) is -0.880. The molecule has 0 radical (unpaired) electrons. The molecule has 0 aliphatic carbocycles. The van der Waals surface area contributed by atoms with Gasteiger partial charge >= 0.3 is 5.97 Å². The highest BCUT2D eigenvalue weighted by Gasteiger charge is 2.18. The van der Waals surface area contributed by atoms with Gasteiger partial charge in [0.25, 0.3) is 5.91 Å². The monoisotopic (exact) mass is 397 g/mol. The largest absolute Gasteiger partial charge is 0.452 e. The van der Waals surface area contributed by atoms with Crippen molar-refractivity contribution in [3.63, 3.8) is 0 Å². The molecule has 1 N–H and O–H groups in total. The third kappa shape index (κ3) is 5.64. The Kier molecular flexibility index (Phi) is 6.57. The van der Waals surface area contributed by atoms with E-state index in [-0.39, 0.29) is 18.6 Å². The summed E-state index contributed by atoms with van der Waals surface area (Å²) in [5.41, 5.74) is 0.979. The summed E-state index contributed by atoms with van der Waals surface area (Å²) in [7, 11) is 0. The van der Waals surface area contributed by atoms with Crippen molar-refractivity contribution >= 4 is 40.6 Å². The van der Waals surface area contributed by atoms with Crippen LogP contribution in [0.4, 0.5) is 0 Å². The van der Waals surface area contributed by atoms with Crippen molar-refractivity contribution in [2.75, 3.05) is 6.61 Å². The summed E-state index contributed by atoms with van der Waals surface area (Å²) < 4.78 is 5.06. The van der Waals surface area contributed by atoms with Gasteiger partial charge in [-0.25, -0.2) is 4.79 Å². The second-order valence-corrected chi connectivity index (χ2v) is 8.11. The number of esters is 1. The maximum absolute atomic E-state index is 12.3. The Morgan fingerprint density at radius 1 is 1.11 bits per heavy atom. The summed E-state index contributed by atoms with van der Waals surface area (Å²) in [5, 5.41) is 4.91. The number of nitrogens with one attached hydrogen (secondary N) is 1. The van der Waals surface area contributed by atoms with Crippen LogP contribution in [0.3, 0.4) is 0 Å². The fraction of sp³-hybridized carbons (Fsp3) is 0.143. The van der Waals surface area contributed by atoms with Gasteiger partial charge in [-0.2, -0.15) is 0 Å². The SMILES string of the molecule is Cc1ccc(/C=C/C(=O)OCC(=O)N[C@@H](c2ccccc2)c2cccs2)s1. The quantitative estimate of drug-likeness (QED) is 0.469. The van der Waals surface area contributed by atoms with E-state index in [9.17, 15) is 9.59 Å². The van der Waals surface area contributed by atoms with Crippen molar-refractivity contribution in [3.05, 3.63) is 86.2 Å². The fourth-order valence-corrected chi connectivity index (χ4v) is 4.08. The van der Waals surface area contributed by atoms with E-state index in [1.165, 1.54) is 11.0 Å². The average molecular weight is 398 g/mol. The number of aryl methyl sites for hydroxylation is 1. The van der Waals surface area contributed by atoms with Crippen LogP contribution in [-0.4, -0.2) is 18.5 Å². The van der Waals surface area contributed by atoms with Crippen molar-refractivity contribution < 1.29 is 14.3 Å². The summed E-state index contributed by atoms with van der Waals surface area (Å²) in [4.78, 5) is 27.3. The number of benzene rings is 1. The van der Waals surface area contributed by atoms with Crippen molar-refractivity contribution in [2.24, 2.45) is 0 Å². The molecule has 0 aliphatic rings. The summed E-state index contributed by atoms with van der Waals surface area (Å²) in [6.45, 7) is 1.68. The number of rotatable bonds is 7. The molecule has 3 rings (SSSR count). The normalized spacial score (nSPS) is 12.0. The average Bonchev–Trinajstić information content (AvgIpc) is 3.35. The Morgan fingerprint density at radius 2 is 1.93 bits per heavy atom. The second-order valence-electron chi connectivity index (χ2n) is 5.82. The number of hydrogen-bond acceptors (Lipinski definition) is 5. The zero-order valence-corrected chi connectivity index (χ0v) is 16.4. The zero-order chi connectivity index (χ0) is 19.1. The second kappa shape index (κ2) is 9.30. The van der Waals surface area contributed by atoms with E-state index >= 15 is 0 Å². The fourth-order valence-electron chi connectivity index (χ4n) is 2.50. The highest BCUT2D eigenvalue weighted by Crippen LogP contribution is 2.25. The van der Waals surface area contributed by atoms with Crippen LogP contribution < -0.4 is 5.32 Å². The van der Waals surface area contributed by atoms with Gasteiger partial charge in [0, 0.05) is 20.7 Å². The maximum atomic E-state index is 12.3. The lowest BCUT2D eigenvalue weighted by atomic mass is 10.1. The molecule has 3 aromatic rings. The van der Waals surface area contributed by atoms with Crippen molar-refractivity contribution in [3.8, 4) is 0 Å². The molecule has 0 bridgehead atoms. The first kappa shape index (κ1) is 19.1. The van der Waals surface area contributed by atoms with E-state index < -0.39 is 5.97 Å². The van der Waals surface area contributed by atoms with Crippen LogP contribution in [0.1, 0.15) is 26.2 Å². The molecule has 6 heteroatoms. The van der Waals surface area contributed by atoms with Gasteiger partial charge in [-0.15, -0.1) is 22.7 Å². The molecule has 2 heterocycles. The van der Waals surface area contributed by atoms with Gasteiger partial charge in [-0.3, -0.25) is 4.79 Å². The third-order valence-electron chi connectivity index (χ3n) is 3.76. The lowest BCUT2D eigenvalue weighted by molar-refractivity contribution is -0.143. The maximum Gasteiger partial charge on any atom is 0.331 e. The van der Waals surface area contributed by atoms with E-state index in [4.69, 9.17) is 4.74 Å². The van der Waals surface area contributed by atoms with Crippen LogP contribution in [0.2, 0.25) is 0 Å². The molecule has 138 valence electrons. The van der Waals surface area contributed by atoms with Crippen LogP contribution in [0.5, 0.6) is 0 Å². The van der Waals surface area contributed by atoms with Gasteiger partial charge < -0.3 is 10.1 Å². The summed E-state index contributed by atoms with van der Waals surface area (Å²) >= 11 is 3.15. The van der Waals surface area contributed by atoms with E-state index in [2.05, 4.69) is 5.32 Å². The predicted molar refractivity (Wildman–Crippen MR) is 110 cm³/mol. The van der Waals surface area contributed by atoms with Gasteiger partial charge in [0.05, 0.1) is 6.04 Å². The van der Waals surface area contributed by atoms with Crippen molar-refractivity contribution in [1.29, 1.82) is 0 Å². The molecule has 0 aliphatic heterocycles. The summed E-state index contributed by atoms with van der Waals surface area (Å²) in [6, 6.07) is 17.3. The first-order valence-electron chi connectivity index (χ1n) is 8.41. The van der Waals surface area contributed by atoms with Gasteiger partial charge in [-0.1, -0.05) is 36.4 Å². The van der Waals surface area contributed by atoms with E-state index in [1.807, 2.05) is 66.9 Å². The van der Waals surface area contributed by atoms with Gasteiger partial charge in [0.15, 0.2) is 6.61 Å². The van der Waals surface area contributed by atoms with Crippen LogP contribution in [0.25, 0.3) is 6.08 Å². The Hall–Kier alpha value is -2.70. The first-order chi connectivity index (χ1) is 13.1. The lowest BCUT2D eigenvalue weighted by Crippen LogP contribution is -2.32. The molecular weight excluding hydrogens is 378 g/mol. The highest BCUT2D eigenvalue weighted by atomic mass is 32.1. The number of ether oxygens (including phenoxy) is 1. The van der Waals surface area contributed by atoms with E-state index in [0.717, 1.165) is 15.3 Å². The standard InChI is InChI=1S/C21H19NO3S2/c1-15-9-10-17(27-15)11-12-20(24)25-14-19(23)22-21(18-8-5-13-26-18)16-6-3-2-4-7-16/h2-13,21H,14H2,1H3,(H,22,23)/b12-11+/t21-/m0/s1.